The number of likely N-dealkylation sites (N-methyl/N-ethyl adjacent to an activating group) is 1. The normalized spacial score (nSPS) is 13.7. The molecule has 19 heteroatoms. The molecule has 0 amide bonds. The summed E-state index contributed by atoms with van der Waals surface area (Å²) in [4.78, 5) is 12.8. The highest BCUT2D eigenvalue weighted by atomic mass is 35.7. The lowest BCUT2D eigenvalue weighted by atomic mass is 9.83. The summed E-state index contributed by atoms with van der Waals surface area (Å²) in [5, 5.41) is 10.8. The van der Waals surface area contributed by atoms with E-state index in [-0.39, 0.29) is 5.41 Å². The van der Waals surface area contributed by atoms with E-state index in [2.05, 4.69) is 156 Å². The maximum Gasteiger partial charge on any atom is 0.425 e. The molecule has 0 saturated carbocycles. The monoisotopic (exact) mass is 967 g/mol. The van der Waals surface area contributed by atoms with Crippen molar-refractivity contribution in [2.24, 2.45) is 14.1 Å². The fraction of sp³-hybridized carbons (Fsp3) is 0.120. The maximum atomic E-state index is 8.49. The number of benzene rings is 5. The van der Waals surface area contributed by atoms with E-state index >= 15 is 0 Å². The van der Waals surface area contributed by atoms with E-state index in [9.17, 15) is 0 Å². The van der Waals surface area contributed by atoms with Gasteiger partial charge in [-0.2, -0.15) is 0 Å². The summed E-state index contributed by atoms with van der Waals surface area (Å²) in [6, 6.07) is 54.3. The van der Waals surface area contributed by atoms with Gasteiger partial charge in [0.1, 0.15) is 11.4 Å². The molecule has 9 aromatic rings. The van der Waals surface area contributed by atoms with Crippen LogP contribution in [0, 0.1) is 20.5 Å². The molecule has 0 atom stereocenters. The van der Waals surface area contributed by atoms with E-state index in [4.69, 9.17) is 57.4 Å². The number of allylic oxidation sites excluding steroid dienone is 3. The summed E-state index contributed by atoms with van der Waals surface area (Å²) in [6.07, 6.45) is 4.40. The molecular weight excluding hydrogens is 926 g/mol. The van der Waals surface area contributed by atoms with Crippen molar-refractivity contribution in [1.82, 2.24) is 29.3 Å². The Morgan fingerprint density at radius 2 is 0.855 bits per heavy atom. The molecule has 0 radical (unpaired) electrons. The average Bonchev–Trinajstić information content (AvgIpc) is 3.91. The third-order valence-corrected chi connectivity index (χ3v) is 11.6. The van der Waals surface area contributed by atoms with Gasteiger partial charge in [-0.1, -0.05) is 174 Å². The number of halogens is 2. The van der Waals surface area contributed by atoms with Gasteiger partial charge < -0.3 is 4.90 Å². The third kappa shape index (κ3) is 10.6. The summed E-state index contributed by atoms with van der Waals surface area (Å²) >= 11 is 0. The second-order valence-electron chi connectivity index (χ2n) is 16.3. The van der Waals surface area contributed by atoms with E-state index in [1.807, 2.05) is 71.7 Å². The smallest absolute Gasteiger partial charge is 0.347 e. The number of para-hydroxylation sites is 1. The Morgan fingerprint density at radius 3 is 1.23 bits per heavy atom. The first-order chi connectivity index (χ1) is 32.8. The van der Waals surface area contributed by atoms with Crippen LogP contribution in [0.2, 0.25) is 0 Å². The van der Waals surface area contributed by atoms with Crippen molar-refractivity contribution >= 4 is 22.8 Å². The zero-order valence-corrected chi connectivity index (χ0v) is 39.2. The zero-order chi connectivity index (χ0) is 49.3. The van der Waals surface area contributed by atoms with Crippen LogP contribution in [0.3, 0.4) is 0 Å². The molecule has 17 nitrogen and oxygen atoms in total. The van der Waals surface area contributed by atoms with Crippen LogP contribution in [0.5, 0.6) is 0 Å². The third-order valence-electron chi connectivity index (χ3n) is 11.6. The molecule has 0 N–H and O–H groups in total. The van der Waals surface area contributed by atoms with E-state index in [0.29, 0.717) is 23.2 Å². The van der Waals surface area contributed by atoms with Crippen LogP contribution in [-0.2, 0) is 19.5 Å². The number of anilines is 1. The maximum absolute atomic E-state index is 8.49. The number of fused-ring (bicyclic) bond motifs is 3. The molecule has 4 aromatic heterocycles. The summed E-state index contributed by atoms with van der Waals surface area (Å²) in [7, 11) is -3.67. The molecular formula is C50H43Cl2N9O8. The summed E-state index contributed by atoms with van der Waals surface area (Å²) in [5.41, 5.74) is 12.0. The van der Waals surface area contributed by atoms with Gasteiger partial charge in [-0.15, -0.1) is 29.5 Å². The molecule has 0 spiro atoms. The number of rotatable bonds is 7. The lowest BCUT2D eigenvalue weighted by Gasteiger charge is -2.23. The fourth-order valence-electron chi connectivity index (χ4n) is 8.44. The van der Waals surface area contributed by atoms with Crippen LogP contribution < -0.4 is 51.2 Å². The van der Waals surface area contributed by atoms with Crippen molar-refractivity contribution in [2.75, 3.05) is 11.9 Å². The minimum atomic E-state index is -4.94. The topological polar surface area (TPSA) is 257 Å². The predicted octanol–water partition coefficient (Wildman–Crippen LogP) is -0.680. The SMILES string of the molecule is CN1C(=CC=C(c2n[n+]3c(-c4ccccc4)cc(-c4ccccc4)nc3n2C)c2n[n+]3c(-c4ccccc4)cc(-c4ccccc4)nc3n2C)C(C)(C)c2ccccc21.[O-][Cl+3]([O-])([O-])[O-].[O-][Cl+3]([O-])([O-])[O-]. The number of aromatic nitrogens is 8. The molecule has 10 rings (SSSR count). The van der Waals surface area contributed by atoms with Crippen LogP contribution in [0.15, 0.2) is 176 Å². The molecule has 5 aromatic carbocycles. The Bertz CT molecular complexity index is 3150. The van der Waals surface area contributed by atoms with Crippen molar-refractivity contribution in [1.29, 1.82) is 0 Å². The van der Waals surface area contributed by atoms with Gasteiger partial charge >= 0.3 is 11.6 Å². The number of aryl methyl sites for hydroxylation is 2. The Balaban J connectivity index is 0.000000585. The lowest BCUT2D eigenvalue weighted by Crippen LogP contribution is -2.68. The van der Waals surface area contributed by atoms with Crippen molar-refractivity contribution < 1.29 is 66.8 Å². The minimum absolute atomic E-state index is 0.242. The first-order valence-electron chi connectivity index (χ1n) is 21.1. The molecule has 1 aliphatic heterocycles. The van der Waals surface area contributed by atoms with Crippen LogP contribution in [-0.4, -0.2) is 36.3 Å². The molecule has 0 fully saturated rings. The minimum Gasteiger partial charge on any atom is -0.347 e. The highest BCUT2D eigenvalue weighted by molar-refractivity contribution is 5.78. The van der Waals surface area contributed by atoms with E-state index in [1.54, 1.807) is 0 Å². The van der Waals surface area contributed by atoms with Crippen LogP contribution in [0.4, 0.5) is 5.69 Å². The second-order valence-corrected chi connectivity index (χ2v) is 17.8. The van der Waals surface area contributed by atoms with Crippen LogP contribution >= 0.6 is 0 Å². The van der Waals surface area contributed by atoms with Crippen LogP contribution in [0.1, 0.15) is 31.1 Å². The summed E-state index contributed by atoms with van der Waals surface area (Å²) in [5.74, 6) is 2.81. The highest BCUT2D eigenvalue weighted by Crippen LogP contribution is 2.46. The Kier molecular flexibility index (Phi) is 13.5. The van der Waals surface area contributed by atoms with Crippen molar-refractivity contribution in [3.05, 3.63) is 193 Å². The van der Waals surface area contributed by atoms with Gasteiger partial charge in [0.25, 0.3) is 0 Å². The standard InChI is InChI=1S/C50H43N9.2ClHO4/c1-50(2)39-28-18-19-29-42(39)55(3)45(50)31-30-38(46-53-58-43(36-24-14-8-15-25-36)32-40(51-48(58)56(46)4)34-20-10-6-11-21-34)47-54-59-44(37-26-16-9-17-27-37)33-41(52-49(59)57(47)5)35-22-12-7-13-23-35;2*2-1(3,4)5/h6-33H,1-5H3;2*(H,2,3,4,5)/q+2;;/p-2. The molecule has 350 valence electrons. The Hall–Kier alpha value is -7.26. The summed E-state index contributed by atoms with van der Waals surface area (Å²) in [6.45, 7) is 4.57. The predicted molar refractivity (Wildman–Crippen MR) is 233 cm³/mol. The lowest BCUT2D eigenvalue weighted by molar-refractivity contribution is -2.00. The molecule has 69 heavy (non-hydrogen) atoms. The van der Waals surface area contributed by atoms with E-state index < -0.39 is 20.5 Å². The first kappa shape index (κ1) is 48.2. The molecule has 1 aliphatic rings. The Labute approximate surface area is 400 Å². The first-order valence-corrected chi connectivity index (χ1v) is 23.6. The number of hydrogen-bond acceptors (Lipinski definition) is 13. The number of hydrogen-bond donors (Lipinski definition) is 0. The molecule has 5 heterocycles. The second kappa shape index (κ2) is 19.4. The van der Waals surface area contributed by atoms with Gasteiger partial charge in [-0.05, 0) is 23.8 Å². The van der Waals surface area contributed by atoms with Gasteiger partial charge in [-0.25, -0.2) is 46.4 Å². The quantitative estimate of drug-likeness (QED) is 0.180. The van der Waals surface area contributed by atoms with Crippen LogP contribution in [0.25, 0.3) is 62.2 Å². The largest absolute Gasteiger partial charge is 0.425 e. The van der Waals surface area contributed by atoms with Gasteiger partial charge in [0.15, 0.2) is 11.4 Å². The van der Waals surface area contributed by atoms with E-state index in [1.165, 1.54) is 11.3 Å². The molecule has 0 aliphatic carbocycles. The van der Waals surface area contributed by atoms with Gasteiger partial charge in [0.2, 0.25) is 11.6 Å². The fourth-order valence-corrected chi connectivity index (χ4v) is 8.44. The average molecular weight is 969 g/mol. The highest BCUT2D eigenvalue weighted by Gasteiger charge is 2.38. The van der Waals surface area contributed by atoms with Gasteiger partial charge in [-0.3, -0.25) is 0 Å². The van der Waals surface area contributed by atoms with Crippen molar-refractivity contribution in [2.45, 2.75) is 19.3 Å². The summed E-state index contributed by atoms with van der Waals surface area (Å²) < 4.78 is 76.0. The van der Waals surface area contributed by atoms with Crippen molar-refractivity contribution in [3.8, 4) is 45.0 Å². The van der Waals surface area contributed by atoms with Gasteiger partial charge in [0.05, 0.1) is 19.7 Å². The van der Waals surface area contributed by atoms with E-state index in [0.717, 1.165) is 56.3 Å². The molecule has 0 saturated heterocycles. The molecule has 0 bridgehead atoms. The number of nitrogens with zero attached hydrogens (tertiary/aromatic N) is 9. The molecule has 0 unspecified atom stereocenters. The zero-order valence-electron chi connectivity index (χ0n) is 37.7. The Morgan fingerprint density at radius 1 is 0.507 bits per heavy atom. The van der Waals surface area contributed by atoms with Gasteiger partial charge in [0, 0.05) is 58.2 Å². The van der Waals surface area contributed by atoms with Crippen molar-refractivity contribution in [3.63, 3.8) is 0 Å².